The molecule has 2 aromatic rings. The van der Waals surface area contributed by atoms with E-state index in [0.29, 0.717) is 24.4 Å². The van der Waals surface area contributed by atoms with Gasteiger partial charge in [-0.15, -0.1) is 0 Å². The zero-order chi connectivity index (χ0) is 19.0. The van der Waals surface area contributed by atoms with Crippen molar-refractivity contribution in [1.82, 2.24) is 18.8 Å². The molecule has 1 aromatic heterocycles. The van der Waals surface area contributed by atoms with E-state index >= 15 is 0 Å². The van der Waals surface area contributed by atoms with Gasteiger partial charge in [0.2, 0.25) is 15.9 Å². The second-order valence-electron chi connectivity index (χ2n) is 7.26. The Morgan fingerprint density at radius 1 is 1.07 bits per heavy atom. The first kappa shape index (κ1) is 18.2. The first-order valence-corrected chi connectivity index (χ1v) is 10.8. The molecule has 3 heterocycles. The third-order valence-electron chi connectivity index (χ3n) is 5.34. The van der Waals surface area contributed by atoms with Gasteiger partial charge in [0.25, 0.3) is 0 Å². The molecule has 0 N–H and O–H groups in total. The highest BCUT2D eigenvalue weighted by molar-refractivity contribution is 7.89. The average Bonchev–Trinajstić information content (AvgIpc) is 3.14. The third-order valence-corrected chi connectivity index (χ3v) is 7.20. The van der Waals surface area contributed by atoms with Gasteiger partial charge in [-0.1, -0.05) is 17.7 Å². The second kappa shape index (κ2) is 7.09. The molecule has 7 nitrogen and oxygen atoms in total. The zero-order valence-corrected chi connectivity index (χ0v) is 16.3. The first-order chi connectivity index (χ1) is 12.9. The van der Waals surface area contributed by atoms with Crippen molar-refractivity contribution in [2.75, 3.05) is 13.1 Å². The van der Waals surface area contributed by atoms with Crippen molar-refractivity contribution in [3.8, 4) is 0 Å². The minimum Gasteiger partial charge on any atom is -0.337 e. The molecule has 27 heavy (non-hydrogen) atoms. The lowest BCUT2D eigenvalue weighted by atomic mass is 10.2. The molecule has 1 saturated heterocycles. The maximum atomic E-state index is 13.1. The van der Waals surface area contributed by atoms with Crippen molar-refractivity contribution in [2.24, 2.45) is 0 Å². The number of hydrogen-bond donors (Lipinski definition) is 0. The van der Waals surface area contributed by atoms with Crippen molar-refractivity contribution in [3.63, 3.8) is 0 Å². The molecule has 1 amide bonds. The fourth-order valence-electron chi connectivity index (χ4n) is 3.74. The van der Waals surface area contributed by atoms with Gasteiger partial charge in [0, 0.05) is 26.1 Å². The molecule has 2 aliphatic rings. The number of likely N-dealkylation sites (tertiary alicyclic amines) is 1. The minimum atomic E-state index is -3.57. The number of carbonyl (C=O) groups excluding carboxylic acids is 1. The van der Waals surface area contributed by atoms with Gasteiger partial charge >= 0.3 is 0 Å². The van der Waals surface area contributed by atoms with E-state index in [1.54, 1.807) is 18.5 Å². The molecular formula is C19H24N4O3S. The molecule has 0 bridgehead atoms. The fourth-order valence-corrected chi connectivity index (χ4v) is 5.18. The molecule has 8 heteroatoms. The Hall–Kier alpha value is -2.19. The Balaban J connectivity index is 1.61. The van der Waals surface area contributed by atoms with E-state index in [2.05, 4.69) is 4.98 Å². The Morgan fingerprint density at radius 3 is 2.56 bits per heavy atom. The number of benzene rings is 1. The highest BCUT2D eigenvalue weighted by Crippen LogP contribution is 2.25. The molecule has 0 unspecified atom stereocenters. The molecule has 1 aromatic carbocycles. The first-order valence-electron chi connectivity index (χ1n) is 9.32. The van der Waals surface area contributed by atoms with Gasteiger partial charge in [-0.05, 0) is 31.9 Å². The lowest BCUT2D eigenvalue weighted by molar-refractivity contribution is -0.128. The average molecular weight is 388 g/mol. The van der Waals surface area contributed by atoms with E-state index in [9.17, 15) is 13.2 Å². The van der Waals surface area contributed by atoms with Crippen LogP contribution in [0.4, 0.5) is 0 Å². The number of nitrogens with zero attached hydrogens (tertiary/aromatic N) is 4. The van der Waals surface area contributed by atoms with Gasteiger partial charge in [0.15, 0.2) is 0 Å². The fraction of sp³-hybridized carbons (Fsp3) is 0.474. The lowest BCUT2D eigenvalue weighted by Gasteiger charge is -2.21. The van der Waals surface area contributed by atoms with Gasteiger partial charge in [0.05, 0.1) is 35.7 Å². The van der Waals surface area contributed by atoms with E-state index in [0.717, 1.165) is 42.9 Å². The molecule has 0 aliphatic carbocycles. The predicted octanol–water partition coefficient (Wildman–Crippen LogP) is 1.91. The number of imidazole rings is 1. The van der Waals surface area contributed by atoms with E-state index < -0.39 is 10.0 Å². The van der Waals surface area contributed by atoms with Gasteiger partial charge < -0.3 is 9.47 Å². The Bertz CT molecular complexity index is 950. The largest absolute Gasteiger partial charge is 0.337 e. The summed E-state index contributed by atoms with van der Waals surface area (Å²) in [4.78, 5) is 18.6. The van der Waals surface area contributed by atoms with E-state index in [-0.39, 0.29) is 12.5 Å². The van der Waals surface area contributed by atoms with Gasteiger partial charge in [0.1, 0.15) is 0 Å². The standard InChI is InChI=1S/C19H24N4O3S/c1-15-5-7-16(8-6-15)27(25,26)23-11-3-10-22-14-20-17(18(22)13-23)12-21-9-2-4-19(21)24/h5-8,14H,2-4,9-13H2,1H3. The van der Waals surface area contributed by atoms with Crippen molar-refractivity contribution in [2.45, 2.75) is 50.7 Å². The normalized spacial score (nSPS) is 18.6. The van der Waals surface area contributed by atoms with Crippen LogP contribution in [0.3, 0.4) is 0 Å². The molecule has 0 spiro atoms. The van der Waals surface area contributed by atoms with Crippen LogP contribution in [-0.2, 0) is 34.5 Å². The summed E-state index contributed by atoms with van der Waals surface area (Å²) in [5.41, 5.74) is 2.72. The highest BCUT2D eigenvalue weighted by atomic mass is 32.2. The van der Waals surface area contributed by atoms with Crippen LogP contribution >= 0.6 is 0 Å². The Kier molecular flexibility index (Phi) is 4.77. The summed E-state index contributed by atoms with van der Waals surface area (Å²) in [6.45, 7) is 4.63. The number of fused-ring (bicyclic) bond motifs is 1. The van der Waals surface area contributed by atoms with Crippen LogP contribution in [0.1, 0.15) is 36.2 Å². The SMILES string of the molecule is Cc1ccc(S(=O)(=O)N2CCCn3cnc(CN4CCCC4=O)c3C2)cc1. The summed E-state index contributed by atoms with van der Waals surface area (Å²) < 4.78 is 29.8. The molecular weight excluding hydrogens is 364 g/mol. The number of aryl methyl sites for hydroxylation is 2. The van der Waals surface area contributed by atoms with E-state index in [1.165, 1.54) is 4.31 Å². The number of amides is 1. The molecule has 0 radical (unpaired) electrons. The Labute approximate surface area is 159 Å². The van der Waals surface area contributed by atoms with Gasteiger partial charge in [-0.2, -0.15) is 4.31 Å². The predicted molar refractivity (Wildman–Crippen MR) is 100 cm³/mol. The third kappa shape index (κ3) is 3.51. The second-order valence-corrected chi connectivity index (χ2v) is 9.19. The Morgan fingerprint density at radius 2 is 1.85 bits per heavy atom. The summed E-state index contributed by atoms with van der Waals surface area (Å²) in [6.07, 6.45) is 3.97. The van der Waals surface area contributed by atoms with Crippen molar-refractivity contribution >= 4 is 15.9 Å². The van der Waals surface area contributed by atoms with Crippen molar-refractivity contribution in [1.29, 1.82) is 0 Å². The quantitative estimate of drug-likeness (QED) is 0.802. The van der Waals surface area contributed by atoms with E-state index in [1.807, 2.05) is 28.5 Å². The van der Waals surface area contributed by atoms with Crippen LogP contribution in [-0.4, -0.2) is 46.2 Å². The molecule has 1 fully saturated rings. The lowest BCUT2D eigenvalue weighted by Crippen LogP contribution is -2.31. The van der Waals surface area contributed by atoms with E-state index in [4.69, 9.17) is 0 Å². The van der Waals surface area contributed by atoms with Gasteiger partial charge in [-0.25, -0.2) is 13.4 Å². The number of aromatic nitrogens is 2. The van der Waals surface area contributed by atoms with Crippen LogP contribution in [0, 0.1) is 6.92 Å². The summed E-state index contributed by atoms with van der Waals surface area (Å²) in [7, 11) is -3.57. The minimum absolute atomic E-state index is 0.148. The summed E-state index contributed by atoms with van der Waals surface area (Å²) in [5.74, 6) is 0.148. The molecule has 0 atom stereocenters. The van der Waals surface area contributed by atoms with Crippen LogP contribution in [0.2, 0.25) is 0 Å². The molecule has 4 rings (SSSR count). The summed E-state index contributed by atoms with van der Waals surface area (Å²) >= 11 is 0. The van der Waals surface area contributed by atoms with Crippen LogP contribution in [0.5, 0.6) is 0 Å². The highest BCUT2D eigenvalue weighted by Gasteiger charge is 2.30. The van der Waals surface area contributed by atoms with Crippen LogP contribution in [0.25, 0.3) is 0 Å². The van der Waals surface area contributed by atoms with Crippen molar-refractivity contribution in [3.05, 3.63) is 47.5 Å². The number of hydrogen-bond acceptors (Lipinski definition) is 4. The van der Waals surface area contributed by atoms with Crippen molar-refractivity contribution < 1.29 is 13.2 Å². The number of sulfonamides is 1. The van der Waals surface area contributed by atoms with Gasteiger partial charge in [-0.3, -0.25) is 4.79 Å². The summed E-state index contributed by atoms with van der Waals surface area (Å²) in [5, 5.41) is 0. The topological polar surface area (TPSA) is 75.5 Å². The number of rotatable bonds is 4. The zero-order valence-electron chi connectivity index (χ0n) is 15.5. The summed E-state index contributed by atoms with van der Waals surface area (Å²) in [6, 6.07) is 6.96. The number of carbonyl (C=O) groups is 1. The van der Waals surface area contributed by atoms with Crippen LogP contribution in [0.15, 0.2) is 35.5 Å². The molecule has 144 valence electrons. The smallest absolute Gasteiger partial charge is 0.243 e. The molecule has 2 aliphatic heterocycles. The monoisotopic (exact) mass is 388 g/mol. The molecule has 0 saturated carbocycles. The maximum Gasteiger partial charge on any atom is 0.243 e. The van der Waals surface area contributed by atoms with Crippen LogP contribution < -0.4 is 0 Å². The maximum absolute atomic E-state index is 13.1.